The van der Waals surface area contributed by atoms with Crippen LogP contribution in [-0.4, -0.2) is 46.7 Å². The standard InChI is InChI=1S/C22H27N3O5S/c1-30-20-11-4-3-10-19(20)25(31(2,28)29)15-6-12-21(26)23-17-8-5-9-18(16-17)24-14-7-13-22(24)27/h3-5,8-11,16H,6-7,12-15H2,1-2H3,(H,23,26). The Hall–Kier alpha value is -3.07. The van der Waals surface area contributed by atoms with E-state index in [1.165, 1.54) is 11.4 Å². The van der Waals surface area contributed by atoms with E-state index < -0.39 is 10.0 Å². The molecular weight excluding hydrogens is 418 g/mol. The fourth-order valence-electron chi connectivity index (χ4n) is 3.58. The predicted molar refractivity (Wildman–Crippen MR) is 121 cm³/mol. The van der Waals surface area contributed by atoms with Gasteiger partial charge in [0.15, 0.2) is 0 Å². The third-order valence-corrected chi connectivity index (χ3v) is 6.21. The van der Waals surface area contributed by atoms with E-state index >= 15 is 0 Å². The van der Waals surface area contributed by atoms with E-state index in [1.54, 1.807) is 47.4 Å². The van der Waals surface area contributed by atoms with Crippen LogP contribution in [0.25, 0.3) is 0 Å². The van der Waals surface area contributed by atoms with Gasteiger partial charge in [0.05, 0.1) is 19.1 Å². The van der Waals surface area contributed by atoms with Crippen LogP contribution in [0, 0.1) is 0 Å². The summed E-state index contributed by atoms with van der Waals surface area (Å²) in [6.07, 6.45) is 2.98. The molecule has 9 heteroatoms. The second-order valence-corrected chi connectivity index (χ2v) is 9.26. The molecule has 3 rings (SSSR count). The maximum absolute atomic E-state index is 12.4. The number of hydrogen-bond acceptors (Lipinski definition) is 5. The zero-order chi connectivity index (χ0) is 22.4. The zero-order valence-electron chi connectivity index (χ0n) is 17.7. The Kier molecular flexibility index (Phi) is 7.17. The van der Waals surface area contributed by atoms with Gasteiger partial charge in [-0.25, -0.2) is 8.42 Å². The van der Waals surface area contributed by atoms with E-state index in [9.17, 15) is 18.0 Å². The summed E-state index contributed by atoms with van der Waals surface area (Å²) in [4.78, 5) is 26.1. The van der Waals surface area contributed by atoms with Crippen LogP contribution in [0.3, 0.4) is 0 Å². The van der Waals surface area contributed by atoms with Crippen LogP contribution >= 0.6 is 0 Å². The van der Waals surface area contributed by atoms with Crippen molar-refractivity contribution in [3.8, 4) is 5.75 Å². The minimum absolute atomic E-state index is 0.0840. The van der Waals surface area contributed by atoms with Gasteiger partial charge in [-0.3, -0.25) is 13.9 Å². The number of rotatable bonds is 9. The summed E-state index contributed by atoms with van der Waals surface area (Å²) in [7, 11) is -2.06. The Bertz CT molecular complexity index is 1050. The monoisotopic (exact) mass is 445 g/mol. The van der Waals surface area contributed by atoms with E-state index in [0.717, 1.165) is 18.4 Å². The molecule has 0 aromatic heterocycles. The van der Waals surface area contributed by atoms with Gasteiger partial charge in [-0.2, -0.15) is 0 Å². The first-order valence-corrected chi connectivity index (χ1v) is 12.0. The zero-order valence-corrected chi connectivity index (χ0v) is 18.5. The van der Waals surface area contributed by atoms with Crippen molar-refractivity contribution in [1.82, 2.24) is 0 Å². The predicted octanol–water partition coefficient (Wildman–Crippen LogP) is 3.01. The van der Waals surface area contributed by atoms with Crippen molar-refractivity contribution in [2.75, 3.05) is 41.0 Å². The molecule has 0 radical (unpaired) electrons. The Morgan fingerprint density at radius 2 is 1.97 bits per heavy atom. The number of carbonyl (C=O) groups excluding carboxylic acids is 2. The van der Waals surface area contributed by atoms with Gasteiger partial charge in [0.2, 0.25) is 21.8 Å². The Labute approximate surface area is 182 Å². The molecule has 166 valence electrons. The summed E-state index contributed by atoms with van der Waals surface area (Å²) in [6.45, 7) is 0.829. The van der Waals surface area contributed by atoms with Gasteiger partial charge >= 0.3 is 0 Å². The number of anilines is 3. The molecule has 1 aliphatic heterocycles. The first kappa shape index (κ1) is 22.6. The van der Waals surface area contributed by atoms with Crippen molar-refractivity contribution in [1.29, 1.82) is 0 Å². The second kappa shape index (κ2) is 9.82. The number of carbonyl (C=O) groups is 2. The molecule has 0 atom stereocenters. The molecule has 1 aliphatic rings. The molecule has 0 saturated carbocycles. The lowest BCUT2D eigenvalue weighted by Gasteiger charge is -2.24. The van der Waals surface area contributed by atoms with E-state index in [0.29, 0.717) is 36.5 Å². The molecule has 2 aromatic rings. The summed E-state index contributed by atoms with van der Waals surface area (Å²) in [6, 6.07) is 14.0. The first-order chi connectivity index (χ1) is 14.8. The third kappa shape index (κ3) is 5.75. The van der Waals surface area contributed by atoms with Gasteiger partial charge in [-0.1, -0.05) is 18.2 Å². The maximum Gasteiger partial charge on any atom is 0.232 e. The number of nitrogens with one attached hydrogen (secondary N) is 1. The number of hydrogen-bond donors (Lipinski definition) is 1. The van der Waals surface area contributed by atoms with Gasteiger partial charge in [0.25, 0.3) is 0 Å². The molecule has 0 bridgehead atoms. The SMILES string of the molecule is COc1ccccc1N(CCCC(=O)Nc1cccc(N2CCCC2=O)c1)S(C)(=O)=O. The van der Waals surface area contributed by atoms with Gasteiger partial charge in [0, 0.05) is 37.3 Å². The van der Waals surface area contributed by atoms with E-state index in [4.69, 9.17) is 4.74 Å². The van der Waals surface area contributed by atoms with Crippen molar-refractivity contribution in [2.45, 2.75) is 25.7 Å². The van der Waals surface area contributed by atoms with Crippen LogP contribution in [0.4, 0.5) is 17.1 Å². The maximum atomic E-state index is 12.4. The number of ether oxygens (including phenoxy) is 1. The van der Waals surface area contributed by atoms with Crippen LogP contribution < -0.4 is 19.3 Å². The van der Waals surface area contributed by atoms with Gasteiger partial charge in [0.1, 0.15) is 5.75 Å². The van der Waals surface area contributed by atoms with E-state index in [2.05, 4.69) is 5.32 Å². The topological polar surface area (TPSA) is 96.0 Å². The van der Waals surface area contributed by atoms with Crippen LogP contribution in [0.5, 0.6) is 5.75 Å². The molecule has 0 unspecified atom stereocenters. The molecule has 2 amide bonds. The highest BCUT2D eigenvalue weighted by atomic mass is 32.2. The number of para-hydroxylation sites is 2. The number of methoxy groups -OCH3 is 1. The summed E-state index contributed by atoms with van der Waals surface area (Å²) in [5.41, 5.74) is 1.81. The minimum atomic E-state index is -3.54. The largest absolute Gasteiger partial charge is 0.495 e. The summed E-state index contributed by atoms with van der Waals surface area (Å²) < 4.78 is 31.1. The highest BCUT2D eigenvalue weighted by Gasteiger charge is 2.22. The van der Waals surface area contributed by atoms with Crippen molar-refractivity contribution in [2.24, 2.45) is 0 Å². The van der Waals surface area contributed by atoms with Crippen molar-refractivity contribution < 1.29 is 22.7 Å². The molecule has 2 aromatic carbocycles. The summed E-state index contributed by atoms with van der Waals surface area (Å²) >= 11 is 0. The quantitative estimate of drug-likeness (QED) is 0.640. The number of nitrogens with zero attached hydrogens (tertiary/aromatic N) is 2. The molecular formula is C22H27N3O5S. The lowest BCUT2D eigenvalue weighted by molar-refractivity contribution is -0.117. The summed E-state index contributed by atoms with van der Waals surface area (Å²) in [5.74, 6) is 0.310. The van der Waals surface area contributed by atoms with E-state index in [1.807, 2.05) is 6.07 Å². The molecule has 1 heterocycles. The Balaban J connectivity index is 1.60. The minimum Gasteiger partial charge on any atom is -0.495 e. The number of amides is 2. The first-order valence-electron chi connectivity index (χ1n) is 10.1. The molecule has 8 nitrogen and oxygen atoms in total. The molecule has 1 saturated heterocycles. The van der Waals surface area contributed by atoms with Gasteiger partial charge in [-0.15, -0.1) is 0 Å². The van der Waals surface area contributed by atoms with Crippen LogP contribution in [-0.2, 0) is 19.6 Å². The molecule has 0 aliphatic carbocycles. The molecule has 1 N–H and O–H groups in total. The average Bonchev–Trinajstić information content (AvgIpc) is 3.16. The van der Waals surface area contributed by atoms with Gasteiger partial charge in [-0.05, 0) is 43.2 Å². The number of benzene rings is 2. The third-order valence-electron chi connectivity index (χ3n) is 5.03. The van der Waals surface area contributed by atoms with Crippen molar-refractivity contribution in [3.63, 3.8) is 0 Å². The Morgan fingerprint density at radius 1 is 1.19 bits per heavy atom. The fraction of sp³-hybridized carbons (Fsp3) is 0.364. The second-order valence-electron chi connectivity index (χ2n) is 7.36. The summed E-state index contributed by atoms with van der Waals surface area (Å²) in [5, 5.41) is 2.83. The van der Waals surface area contributed by atoms with E-state index in [-0.39, 0.29) is 24.8 Å². The van der Waals surface area contributed by atoms with Crippen LogP contribution in [0.1, 0.15) is 25.7 Å². The van der Waals surface area contributed by atoms with Crippen molar-refractivity contribution in [3.05, 3.63) is 48.5 Å². The molecule has 31 heavy (non-hydrogen) atoms. The van der Waals surface area contributed by atoms with Crippen LogP contribution in [0.15, 0.2) is 48.5 Å². The number of sulfonamides is 1. The van der Waals surface area contributed by atoms with Crippen LogP contribution in [0.2, 0.25) is 0 Å². The smallest absolute Gasteiger partial charge is 0.232 e. The van der Waals surface area contributed by atoms with Gasteiger partial charge < -0.3 is 15.0 Å². The fourth-order valence-corrected chi connectivity index (χ4v) is 4.55. The molecule has 0 spiro atoms. The highest BCUT2D eigenvalue weighted by Crippen LogP contribution is 2.30. The average molecular weight is 446 g/mol. The van der Waals surface area contributed by atoms with Crippen molar-refractivity contribution >= 4 is 38.9 Å². The lowest BCUT2D eigenvalue weighted by Crippen LogP contribution is -2.31. The highest BCUT2D eigenvalue weighted by molar-refractivity contribution is 7.92. The molecule has 1 fully saturated rings. The Morgan fingerprint density at radius 3 is 2.65 bits per heavy atom. The lowest BCUT2D eigenvalue weighted by atomic mass is 10.2. The normalized spacial score (nSPS) is 13.9.